The summed E-state index contributed by atoms with van der Waals surface area (Å²) in [6.45, 7) is 8.06. The van der Waals surface area contributed by atoms with E-state index >= 15 is 0 Å². The summed E-state index contributed by atoms with van der Waals surface area (Å²) in [4.78, 5) is 41.3. The van der Waals surface area contributed by atoms with Crippen LogP contribution in [0.5, 0.6) is 0 Å². The molecule has 0 aliphatic heterocycles. The largest absolute Gasteiger partial charge is 0.469 e. The third-order valence-electron chi connectivity index (χ3n) is 7.60. The van der Waals surface area contributed by atoms with Gasteiger partial charge in [0.15, 0.2) is 0 Å². The van der Waals surface area contributed by atoms with Gasteiger partial charge < -0.3 is 19.5 Å². The molecule has 0 saturated heterocycles. The standard InChI is InChI=1S/C34H42F3N3O4/c1-21(2)16-29(40-20-26(14-15-39(5)6)27(18-30(40)41)34(35,36)37)33(43)38-28(19-31(42)44-7)24-12-9-13-25(17-24)32-22(3)10-8-11-23(32)4/h8-13,17-18,20-21,28-29H,14-16,19H2,1-7H3,(H,38,43)/t28-,29?/m0/s1. The number of hydrogen-bond donors (Lipinski definition) is 1. The van der Waals surface area contributed by atoms with Crippen LogP contribution in [0.4, 0.5) is 13.2 Å². The zero-order valence-corrected chi connectivity index (χ0v) is 26.4. The number of methoxy groups -OCH3 is 1. The van der Waals surface area contributed by atoms with E-state index in [1.807, 2.05) is 64.1 Å². The average molecular weight is 614 g/mol. The molecule has 10 heteroatoms. The molecule has 2 atom stereocenters. The number of halogens is 3. The molecule has 0 spiro atoms. The number of ether oxygens (including phenoxy) is 1. The van der Waals surface area contributed by atoms with E-state index in [2.05, 4.69) is 5.32 Å². The smallest absolute Gasteiger partial charge is 0.416 e. The van der Waals surface area contributed by atoms with Gasteiger partial charge in [0.05, 0.1) is 25.1 Å². The van der Waals surface area contributed by atoms with E-state index in [0.29, 0.717) is 18.2 Å². The van der Waals surface area contributed by atoms with E-state index in [1.165, 1.54) is 7.11 Å². The molecule has 2 aromatic carbocycles. The predicted octanol–water partition coefficient (Wildman–Crippen LogP) is 6.26. The van der Waals surface area contributed by atoms with Crippen LogP contribution in [0.25, 0.3) is 11.1 Å². The molecule has 1 N–H and O–H groups in total. The van der Waals surface area contributed by atoms with Gasteiger partial charge in [-0.25, -0.2) is 0 Å². The Hall–Kier alpha value is -3.92. The molecule has 0 aliphatic carbocycles. The highest BCUT2D eigenvalue weighted by molar-refractivity contribution is 5.82. The minimum Gasteiger partial charge on any atom is -0.469 e. The first-order valence-electron chi connectivity index (χ1n) is 14.6. The van der Waals surface area contributed by atoms with Gasteiger partial charge in [-0.15, -0.1) is 0 Å². The van der Waals surface area contributed by atoms with Crippen LogP contribution < -0.4 is 10.9 Å². The third-order valence-corrected chi connectivity index (χ3v) is 7.60. The summed E-state index contributed by atoms with van der Waals surface area (Å²) in [5, 5.41) is 2.92. The van der Waals surface area contributed by atoms with Crippen LogP contribution in [-0.4, -0.2) is 49.1 Å². The maximum Gasteiger partial charge on any atom is 0.416 e. The minimum atomic E-state index is -4.72. The van der Waals surface area contributed by atoms with E-state index in [-0.39, 0.29) is 30.7 Å². The van der Waals surface area contributed by atoms with Gasteiger partial charge in [0.1, 0.15) is 6.04 Å². The fraction of sp³-hybridized carbons (Fsp3) is 0.441. The monoisotopic (exact) mass is 613 g/mol. The lowest BCUT2D eigenvalue weighted by atomic mass is 9.92. The Morgan fingerprint density at radius 2 is 1.66 bits per heavy atom. The first kappa shape index (κ1) is 34.6. The van der Waals surface area contributed by atoms with Crippen LogP contribution in [0.2, 0.25) is 0 Å². The zero-order valence-electron chi connectivity index (χ0n) is 26.4. The molecular formula is C34H42F3N3O4. The lowest BCUT2D eigenvalue weighted by Gasteiger charge is -2.26. The number of rotatable bonds is 12. The lowest BCUT2D eigenvalue weighted by Crippen LogP contribution is -2.40. The topological polar surface area (TPSA) is 80.6 Å². The fourth-order valence-corrected chi connectivity index (χ4v) is 5.39. The number of amides is 1. The van der Waals surface area contributed by atoms with Crippen molar-refractivity contribution in [3.05, 3.63) is 92.9 Å². The molecule has 0 bridgehead atoms. The first-order valence-corrected chi connectivity index (χ1v) is 14.6. The molecule has 1 amide bonds. The Labute approximate surface area is 257 Å². The van der Waals surface area contributed by atoms with Gasteiger partial charge in [0.25, 0.3) is 5.56 Å². The van der Waals surface area contributed by atoms with Gasteiger partial charge >= 0.3 is 12.1 Å². The second-order valence-corrected chi connectivity index (χ2v) is 11.9. The number of likely N-dealkylation sites (N-methyl/N-ethyl adjacent to an activating group) is 1. The molecule has 7 nitrogen and oxygen atoms in total. The molecule has 3 aromatic rings. The van der Waals surface area contributed by atoms with E-state index in [9.17, 15) is 27.6 Å². The van der Waals surface area contributed by atoms with E-state index < -0.39 is 41.3 Å². The van der Waals surface area contributed by atoms with E-state index in [1.54, 1.807) is 25.1 Å². The fourth-order valence-electron chi connectivity index (χ4n) is 5.39. The molecule has 0 radical (unpaired) electrons. The molecule has 0 aliphatic rings. The van der Waals surface area contributed by atoms with Crippen LogP contribution in [0, 0.1) is 19.8 Å². The van der Waals surface area contributed by atoms with Crippen LogP contribution >= 0.6 is 0 Å². The van der Waals surface area contributed by atoms with Crippen molar-refractivity contribution < 1.29 is 27.5 Å². The van der Waals surface area contributed by atoms with Gasteiger partial charge in [-0.2, -0.15) is 13.2 Å². The molecular weight excluding hydrogens is 571 g/mol. The average Bonchev–Trinajstić information content (AvgIpc) is 2.94. The Kier molecular flexibility index (Phi) is 11.6. The summed E-state index contributed by atoms with van der Waals surface area (Å²) >= 11 is 0. The molecule has 238 valence electrons. The molecule has 44 heavy (non-hydrogen) atoms. The number of aryl methyl sites for hydroxylation is 2. The molecule has 1 unspecified atom stereocenters. The van der Waals surface area contributed by atoms with Crippen LogP contribution in [0.1, 0.15) is 66.6 Å². The predicted molar refractivity (Wildman–Crippen MR) is 165 cm³/mol. The molecule has 1 aromatic heterocycles. The second-order valence-electron chi connectivity index (χ2n) is 11.9. The van der Waals surface area contributed by atoms with Crippen molar-refractivity contribution >= 4 is 11.9 Å². The summed E-state index contributed by atoms with van der Waals surface area (Å²) < 4.78 is 47.7. The molecule has 0 fully saturated rings. The number of alkyl halides is 3. The maximum absolute atomic E-state index is 14.0. The van der Waals surface area contributed by atoms with E-state index in [0.717, 1.165) is 33.0 Å². The number of nitrogens with zero attached hydrogens (tertiary/aromatic N) is 2. The van der Waals surface area contributed by atoms with Gasteiger partial charge in [0, 0.05) is 18.8 Å². The Morgan fingerprint density at radius 1 is 1.02 bits per heavy atom. The number of nitrogens with one attached hydrogen (secondary N) is 1. The highest BCUT2D eigenvalue weighted by atomic mass is 19.4. The number of carbonyl (C=O) groups excluding carboxylic acids is 2. The Balaban J connectivity index is 2.08. The zero-order chi connectivity index (χ0) is 32.8. The van der Waals surface area contributed by atoms with Crippen molar-refractivity contribution in [3.8, 4) is 11.1 Å². The summed E-state index contributed by atoms with van der Waals surface area (Å²) in [6, 6.07) is 12.1. The highest BCUT2D eigenvalue weighted by Gasteiger charge is 2.35. The van der Waals surface area contributed by atoms with Gasteiger partial charge in [-0.05, 0) is 86.1 Å². The van der Waals surface area contributed by atoms with Crippen molar-refractivity contribution in [1.29, 1.82) is 0 Å². The number of pyridine rings is 1. The molecule has 3 rings (SSSR count). The highest BCUT2D eigenvalue weighted by Crippen LogP contribution is 2.33. The van der Waals surface area contributed by atoms with Gasteiger partial charge in [0.2, 0.25) is 5.91 Å². The number of carbonyl (C=O) groups is 2. The normalized spacial score (nSPS) is 13.2. The van der Waals surface area contributed by atoms with Crippen LogP contribution in [-0.2, 0) is 26.9 Å². The number of esters is 1. The number of aromatic nitrogens is 1. The second kappa shape index (κ2) is 14.7. The SMILES string of the molecule is COC(=O)C[C@H](NC(=O)C(CC(C)C)n1cc(CCN(C)C)c(C(F)(F)F)cc1=O)c1cccc(-c2c(C)cccc2C)c1. The van der Waals surface area contributed by atoms with Crippen molar-refractivity contribution in [2.75, 3.05) is 27.7 Å². The van der Waals surface area contributed by atoms with Crippen LogP contribution in [0.15, 0.2) is 59.5 Å². The lowest BCUT2D eigenvalue weighted by molar-refractivity contribution is -0.141. The first-order chi connectivity index (χ1) is 20.6. The summed E-state index contributed by atoms with van der Waals surface area (Å²) in [5.74, 6) is -1.20. The van der Waals surface area contributed by atoms with Gasteiger partial charge in [-0.3, -0.25) is 14.4 Å². The Morgan fingerprint density at radius 3 is 2.23 bits per heavy atom. The molecule has 1 heterocycles. The van der Waals surface area contributed by atoms with Gasteiger partial charge in [-0.1, -0.05) is 50.2 Å². The number of benzene rings is 2. The van der Waals surface area contributed by atoms with Crippen molar-refractivity contribution in [2.45, 2.75) is 65.2 Å². The summed E-state index contributed by atoms with van der Waals surface area (Å²) in [6.07, 6.45) is -3.51. The molecule has 0 saturated carbocycles. The quantitative estimate of drug-likeness (QED) is 0.244. The number of hydrogen-bond acceptors (Lipinski definition) is 5. The van der Waals surface area contributed by atoms with Crippen LogP contribution in [0.3, 0.4) is 0 Å². The van der Waals surface area contributed by atoms with Crippen molar-refractivity contribution in [1.82, 2.24) is 14.8 Å². The van der Waals surface area contributed by atoms with Crippen molar-refractivity contribution in [2.24, 2.45) is 5.92 Å². The van der Waals surface area contributed by atoms with E-state index in [4.69, 9.17) is 4.74 Å². The summed E-state index contributed by atoms with van der Waals surface area (Å²) in [5.41, 5.74) is 2.74. The Bertz CT molecular complexity index is 1510. The summed E-state index contributed by atoms with van der Waals surface area (Å²) in [7, 11) is 4.75. The van der Waals surface area contributed by atoms with Crippen molar-refractivity contribution in [3.63, 3.8) is 0 Å². The third kappa shape index (κ3) is 8.81. The maximum atomic E-state index is 14.0. The minimum absolute atomic E-state index is 0.0359.